The van der Waals surface area contributed by atoms with Crippen LogP contribution in [0.1, 0.15) is 32.8 Å². The lowest BCUT2D eigenvalue weighted by molar-refractivity contribution is -0.122. The molecule has 0 saturated heterocycles. The van der Waals surface area contributed by atoms with E-state index in [1.165, 1.54) is 5.56 Å². The highest BCUT2D eigenvalue weighted by Gasteiger charge is 2.22. The Morgan fingerprint density at radius 2 is 2.19 bits per heavy atom. The van der Waals surface area contributed by atoms with Crippen molar-refractivity contribution < 1.29 is 9.53 Å². The molecule has 0 spiro atoms. The standard InChI is InChI=1S/C16H23BrN2O2/c1-16(2,3)19-15(20)6-7-18-10-13-9-11-8-12(17)4-5-14(11)21-13/h4-5,8,13,18H,6-7,9-10H2,1-3H3,(H,19,20). The summed E-state index contributed by atoms with van der Waals surface area (Å²) >= 11 is 3.47. The first-order valence-electron chi connectivity index (χ1n) is 7.30. The number of carbonyl (C=O) groups is 1. The lowest BCUT2D eigenvalue weighted by Crippen LogP contribution is -2.42. The van der Waals surface area contributed by atoms with Crippen LogP contribution in [-0.4, -0.2) is 30.6 Å². The molecule has 0 aliphatic carbocycles. The predicted octanol–water partition coefficient (Wildman–Crippen LogP) is 2.65. The minimum absolute atomic E-state index is 0.0783. The number of hydrogen-bond donors (Lipinski definition) is 2. The number of amides is 1. The zero-order valence-electron chi connectivity index (χ0n) is 12.8. The number of carbonyl (C=O) groups excluding carboxylic acids is 1. The molecule has 2 rings (SSSR count). The molecule has 1 atom stereocenters. The van der Waals surface area contributed by atoms with Crippen LogP contribution >= 0.6 is 15.9 Å². The highest BCUT2D eigenvalue weighted by Crippen LogP contribution is 2.30. The van der Waals surface area contributed by atoms with Crippen molar-refractivity contribution in [3.8, 4) is 5.75 Å². The molecule has 5 heteroatoms. The molecule has 0 radical (unpaired) electrons. The van der Waals surface area contributed by atoms with Crippen molar-refractivity contribution in [3.05, 3.63) is 28.2 Å². The number of fused-ring (bicyclic) bond motifs is 1. The Morgan fingerprint density at radius 1 is 1.43 bits per heavy atom. The van der Waals surface area contributed by atoms with Gasteiger partial charge < -0.3 is 15.4 Å². The number of nitrogens with one attached hydrogen (secondary N) is 2. The van der Waals surface area contributed by atoms with Gasteiger partial charge in [-0.2, -0.15) is 0 Å². The first-order valence-corrected chi connectivity index (χ1v) is 8.09. The van der Waals surface area contributed by atoms with Crippen LogP contribution in [-0.2, 0) is 11.2 Å². The highest BCUT2D eigenvalue weighted by atomic mass is 79.9. The molecule has 0 aromatic heterocycles. The van der Waals surface area contributed by atoms with Gasteiger partial charge in [0, 0.05) is 35.9 Å². The van der Waals surface area contributed by atoms with Crippen LogP contribution in [0, 0.1) is 0 Å². The van der Waals surface area contributed by atoms with Crippen LogP contribution in [0.3, 0.4) is 0 Å². The summed E-state index contributed by atoms with van der Waals surface area (Å²) in [5.74, 6) is 1.05. The van der Waals surface area contributed by atoms with E-state index in [-0.39, 0.29) is 17.6 Å². The number of rotatable bonds is 5. The monoisotopic (exact) mass is 354 g/mol. The summed E-state index contributed by atoms with van der Waals surface area (Å²) in [5, 5.41) is 6.25. The average Bonchev–Trinajstić information content (AvgIpc) is 2.74. The number of ether oxygens (including phenoxy) is 1. The van der Waals surface area contributed by atoms with Crippen molar-refractivity contribution in [2.45, 2.75) is 45.3 Å². The number of halogens is 1. The molecule has 1 amide bonds. The van der Waals surface area contributed by atoms with E-state index >= 15 is 0 Å². The Balaban J connectivity index is 1.66. The molecule has 1 aromatic carbocycles. The maximum atomic E-state index is 11.7. The van der Waals surface area contributed by atoms with Gasteiger partial charge in [-0.3, -0.25) is 4.79 Å². The Hall–Kier alpha value is -1.07. The van der Waals surface area contributed by atoms with Gasteiger partial charge in [0.1, 0.15) is 11.9 Å². The van der Waals surface area contributed by atoms with E-state index < -0.39 is 0 Å². The number of benzene rings is 1. The first-order chi connectivity index (χ1) is 9.83. The maximum Gasteiger partial charge on any atom is 0.221 e. The smallest absolute Gasteiger partial charge is 0.221 e. The van der Waals surface area contributed by atoms with Crippen LogP contribution in [0.5, 0.6) is 5.75 Å². The lowest BCUT2D eigenvalue weighted by atomic mass is 10.1. The van der Waals surface area contributed by atoms with Gasteiger partial charge in [-0.1, -0.05) is 15.9 Å². The van der Waals surface area contributed by atoms with E-state index in [4.69, 9.17) is 4.74 Å². The topological polar surface area (TPSA) is 50.4 Å². The van der Waals surface area contributed by atoms with Crippen LogP contribution in [0.4, 0.5) is 0 Å². The van der Waals surface area contributed by atoms with E-state index in [0.29, 0.717) is 13.0 Å². The quantitative estimate of drug-likeness (QED) is 0.799. The van der Waals surface area contributed by atoms with E-state index in [0.717, 1.165) is 23.2 Å². The molecule has 4 nitrogen and oxygen atoms in total. The molecule has 1 aliphatic heterocycles. The summed E-state index contributed by atoms with van der Waals surface area (Å²) in [7, 11) is 0. The molecule has 1 heterocycles. The second-order valence-corrected chi connectivity index (χ2v) is 7.36. The molecular formula is C16H23BrN2O2. The van der Waals surface area contributed by atoms with Gasteiger partial charge in [0.15, 0.2) is 0 Å². The van der Waals surface area contributed by atoms with Gasteiger partial charge in [0.25, 0.3) is 0 Å². The van der Waals surface area contributed by atoms with Crippen molar-refractivity contribution in [1.82, 2.24) is 10.6 Å². The van der Waals surface area contributed by atoms with E-state index in [9.17, 15) is 4.79 Å². The predicted molar refractivity (Wildman–Crippen MR) is 87.6 cm³/mol. The third-order valence-electron chi connectivity index (χ3n) is 3.18. The van der Waals surface area contributed by atoms with Crippen LogP contribution in [0.25, 0.3) is 0 Å². The minimum atomic E-state index is -0.166. The summed E-state index contributed by atoms with van der Waals surface area (Å²) in [6.45, 7) is 7.39. The molecular weight excluding hydrogens is 332 g/mol. The molecule has 1 aromatic rings. The fourth-order valence-electron chi connectivity index (χ4n) is 2.35. The minimum Gasteiger partial charge on any atom is -0.488 e. The Labute approximate surface area is 134 Å². The third kappa shape index (κ3) is 5.32. The molecule has 0 bridgehead atoms. The fraction of sp³-hybridized carbons (Fsp3) is 0.562. The van der Waals surface area contributed by atoms with Gasteiger partial charge in [0.05, 0.1) is 0 Å². The summed E-state index contributed by atoms with van der Waals surface area (Å²) < 4.78 is 6.95. The molecule has 116 valence electrons. The fourth-order valence-corrected chi connectivity index (χ4v) is 2.76. The summed E-state index contributed by atoms with van der Waals surface area (Å²) in [5.41, 5.74) is 1.07. The summed E-state index contributed by atoms with van der Waals surface area (Å²) in [6.07, 6.45) is 1.55. The first kappa shape index (κ1) is 16.3. The molecule has 0 saturated carbocycles. The second-order valence-electron chi connectivity index (χ2n) is 6.45. The molecule has 21 heavy (non-hydrogen) atoms. The average molecular weight is 355 g/mol. The van der Waals surface area contributed by atoms with Crippen LogP contribution in [0.15, 0.2) is 22.7 Å². The SMILES string of the molecule is CC(C)(C)NC(=O)CCNCC1Cc2cc(Br)ccc2O1. The van der Waals surface area contributed by atoms with Crippen molar-refractivity contribution in [2.75, 3.05) is 13.1 Å². The normalized spacial score (nSPS) is 17.2. The highest BCUT2D eigenvalue weighted by molar-refractivity contribution is 9.10. The second kappa shape index (κ2) is 6.79. The van der Waals surface area contributed by atoms with Gasteiger partial charge in [-0.25, -0.2) is 0 Å². The van der Waals surface area contributed by atoms with Crippen molar-refractivity contribution in [3.63, 3.8) is 0 Å². The Bertz CT molecular complexity index is 511. The lowest BCUT2D eigenvalue weighted by Gasteiger charge is -2.20. The molecule has 1 unspecified atom stereocenters. The van der Waals surface area contributed by atoms with Gasteiger partial charge in [-0.15, -0.1) is 0 Å². The third-order valence-corrected chi connectivity index (χ3v) is 3.67. The Morgan fingerprint density at radius 3 is 2.90 bits per heavy atom. The van der Waals surface area contributed by atoms with Crippen molar-refractivity contribution in [1.29, 1.82) is 0 Å². The van der Waals surface area contributed by atoms with Gasteiger partial charge >= 0.3 is 0 Å². The van der Waals surface area contributed by atoms with E-state index in [1.54, 1.807) is 0 Å². The van der Waals surface area contributed by atoms with E-state index in [1.807, 2.05) is 32.9 Å². The largest absolute Gasteiger partial charge is 0.488 e. The summed E-state index contributed by atoms with van der Waals surface area (Å²) in [6, 6.07) is 6.09. The van der Waals surface area contributed by atoms with Gasteiger partial charge in [-0.05, 0) is 44.5 Å². The van der Waals surface area contributed by atoms with E-state index in [2.05, 4.69) is 32.6 Å². The molecule has 0 fully saturated rings. The van der Waals surface area contributed by atoms with Crippen molar-refractivity contribution in [2.24, 2.45) is 0 Å². The molecule has 2 N–H and O–H groups in total. The zero-order chi connectivity index (χ0) is 15.5. The Kier molecular flexibility index (Phi) is 5.27. The van der Waals surface area contributed by atoms with Crippen molar-refractivity contribution >= 4 is 21.8 Å². The van der Waals surface area contributed by atoms with Crippen LogP contribution in [0.2, 0.25) is 0 Å². The zero-order valence-corrected chi connectivity index (χ0v) is 14.4. The summed E-state index contributed by atoms with van der Waals surface area (Å²) in [4.78, 5) is 11.7. The van der Waals surface area contributed by atoms with Crippen LogP contribution < -0.4 is 15.4 Å². The van der Waals surface area contributed by atoms with Gasteiger partial charge in [0.2, 0.25) is 5.91 Å². The molecule has 1 aliphatic rings. The number of hydrogen-bond acceptors (Lipinski definition) is 3. The maximum absolute atomic E-state index is 11.7.